The van der Waals surface area contributed by atoms with Gasteiger partial charge in [0.2, 0.25) is 0 Å². The van der Waals surface area contributed by atoms with E-state index in [9.17, 15) is 9.18 Å². The van der Waals surface area contributed by atoms with Gasteiger partial charge in [0.1, 0.15) is 12.6 Å². The molecule has 80 valence electrons. The quantitative estimate of drug-likeness (QED) is 0.808. The summed E-state index contributed by atoms with van der Waals surface area (Å²) in [6.45, 7) is 1.52. The number of hydrogen-bond acceptors (Lipinski definition) is 2. The van der Waals surface area contributed by atoms with Gasteiger partial charge in [0.25, 0.3) is 0 Å². The molecular weight excluding hydrogens is 197 g/mol. The van der Waals surface area contributed by atoms with E-state index in [2.05, 4.69) is 10.1 Å². The number of halogens is 1. The molecule has 0 aromatic heterocycles. The lowest BCUT2D eigenvalue weighted by atomic mass is 9.91. The Hall–Kier alpha value is -1.58. The highest BCUT2D eigenvalue weighted by molar-refractivity contribution is 5.70. The van der Waals surface area contributed by atoms with Crippen LogP contribution in [0.3, 0.4) is 0 Å². The summed E-state index contributed by atoms with van der Waals surface area (Å²) in [5.41, 5.74) is -1.06. The van der Waals surface area contributed by atoms with Gasteiger partial charge in [0, 0.05) is 0 Å². The lowest BCUT2D eigenvalue weighted by Crippen LogP contribution is -2.42. The van der Waals surface area contributed by atoms with E-state index in [4.69, 9.17) is 0 Å². The number of cyclic esters (lactones) is 1. The second-order valence-electron chi connectivity index (χ2n) is 3.74. The summed E-state index contributed by atoms with van der Waals surface area (Å²) in [7, 11) is 0. The molecule has 1 aromatic carbocycles. The maximum Gasteiger partial charge on any atom is 0.407 e. The highest BCUT2D eigenvalue weighted by Crippen LogP contribution is 2.30. The molecule has 1 aliphatic rings. The first-order chi connectivity index (χ1) is 7.10. The number of alkyl carbamates (subject to hydrolysis) is 1. The Balaban J connectivity index is 2.23. The smallest absolute Gasteiger partial charge is 0.407 e. The SMILES string of the molecule is C[C@](F)(c1ccccc1)[C@@H]1COC(=O)N1. The minimum absolute atomic E-state index is 0.0702. The molecule has 0 radical (unpaired) electrons. The van der Waals surface area contributed by atoms with Gasteiger partial charge in [-0.15, -0.1) is 0 Å². The van der Waals surface area contributed by atoms with Gasteiger partial charge in [0.15, 0.2) is 5.67 Å². The summed E-state index contributed by atoms with van der Waals surface area (Å²) in [5.74, 6) is 0. The first-order valence-corrected chi connectivity index (χ1v) is 4.78. The molecule has 0 bridgehead atoms. The second-order valence-corrected chi connectivity index (χ2v) is 3.74. The summed E-state index contributed by atoms with van der Waals surface area (Å²) < 4.78 is 19.1. The summed E-state index contributed by atoms with van der Waals surface area (Å²) >= 11 is 0. The molecular formula is C11H12FNO2. The van der Waals surface area contributed by atoms with Crippen molar-refractivity contribution in [2.45, 2.75) is 18.6 Å². The average molecular weight is 209 g/mol. The van der Waals surface area contributed by atoms with Crippen LogP contribution in [0.15, 0.2) is 30.3 Å². The van der Waals surface area contributed by atoms with Crippen LogP contribution >= 0.6 is 0 Å². The summed E-state index contributed by atoms with van der Waals surface area (Å²) in [6.07, 6.45) is -0.556. The van der Waals surface area contributed by atoms with Gasteiger partial charge in [-0.3, -0.25) is 0 Å². The highest BCUT2D eigenvalue weighted by Gasteiger charge is 2.41. The zero-order valence-electron chi connectivity index (χ0n) is 8.37. The van der Waals surface area contributed by atoms with Gasteiger partial charge in [-0.2, -0.15) is 0 Å². The van der Waals surface area contributed by atoms with E-state index in [1.54, 1.807) is 24.3 Å². The normalized spacial score (nSPS) is 24.1. The van der Waals surface area contributed by atoms with Crippen molar-refractivity contribution in [3.8, 4) is 0 Å². The molecule has 0 aliphatic carbocycles. The van der Waals surface area contributed by atoms with Crippen molar-refractivity contribution in [3.63, 3.8) is 0 Å². The minimum atomic E-state index is -1.60. The van der Waals surface area contributed by atoms with Gasteiger partial charge in [-0.05, 0) is 12.5 Å². The van der Waals surface area contributed by atoms with Crippen LogP contribution in [0.2, 0.25) is 0 Å². The van der Waals surface area contributed by atoms with E-state index in [1.165, 1.54) is 6.92 Å². The number of rotatable bonds is 2. The molecule has 1 heterocycles. The predicted molar refractivity (Wildman–Crippen MR) is 53.2 cm³/mol. The first-order valence-electron chi connectivity index (χ1n) is 4.78. The minimum Gasteiger partial charge on any atom is -0.447 e. The number of ether oxygens (including phenoxy) is 1. The van der Waals surface area contributed by atoms with E-state index >= 15 is 0 Å². The predicted octanol–water partition coefficient (Wildman–Crippen LogP) is 1.98. The van der Waals surface area contributed by atoms with Crippen LogP contribution in [-0.4, -0.2) is 18.7 Å². The van der Waals surface area contributed by atoms with E-state index in [1.807, 2.05) is 6.07 Å². The maximum atomic E-state index is 14.4. The summed E-state index contributed by atoms with van der Waals surface area (Å²) in [6, 6.07) is 8.14. The maximum absolute atomic E-state index is 14.4. The van der Waals surface area contributed by atoms with Crippen molar-refractivity contribution in [2.24, 2.45) is 0 Å². The molecule has 1 fully saturated rings. The summed E-state index contributed by atoms with van der Waals surface area (Å²) in [4.78, 5) is 10.8. The molecule has 3 nitrogen and oxygen atoms in total. The van der Waals surface area contributed by atoms with Crippen LogP contribution in [0.25, 0.3) is 0 Å². The number of carbonyl (C=O) groups excluding carboxylic acids is 1. The molecule has 0 saturated carbocycles. The van der Waals surface area contributed by atoms with Crippen molar-refractivity contribution >= 4 is 6.09 Å². The molecule has 2 rings (SSSR count). The number of amides is 1. The fourth-order valence-electron chi connectivity index (χ4n) is 1.64. The Morgan fingerprint density at radius 2 is 2.13 bits per heavy atom. The highest BCUT2D eigenvalue weighted by atomic mass is 19.1. The third-order valence-electron chi connectivity index (χ3n) is 2.67. The second kappa shape index (κ2) is 3.53. The Morgan fingerprint density at radius 3 is 2.67 bits per heavy atom. The van der Waals surface area contributed by atoms with Gasteiger partial charge in [-0.25, -0.2) is 9.18 Å². The van der Waals surface area contributed by atoms with Crippen LogP contribution < -0.4 is 5.32 Å². The van der Waals surface area contributed by atoms with Gasteiger partial charge in [-0.1, -0.05) is 30.3 Å². The van der Waals surface area contributed by atoms with E-state index < -0.39 is 17.8 Å². The van der Waals surface area contributed by atoms with Crippen molar-refractivity contribution in [1.29, 1.82) is 0 Å². The fraction of sp³-hybridized carbons (Fsp3) is 0.364. The molecule has 4 heteroatoms. The third kappa shape index (κ3) is 1.79. The topological polar surface area (TPSA) is 38.3 Å². The number of benzene rings is 1. The van der Waals surface area contributed by atoms with Crippen LogP contribution in [-0.2, 0) is 10.4 Å². The largest absolute Gasteiger partial charge is 0.447 e. The average Bonchev–Trinajstić information content (AvgIpc) is 2.67. The first kappa shape index (κ1) is 9.96. The Morgan fingerprint density at radius 1 is 1.47 bits per heavy atom. The van der Waals surface area contributed by atoms with Crippen LogP contribution in [0.1, 0.15) is 12.5 Å². The Bertz CT molecular complexity index is 364. The molecule has 0 unspecified atom stereocenters. The van der Waals surface area contributed by atoms with Gasteiger partial charge >= 0.3 is 6.09 Å². The van der Waals surface area contributed by atoms with Gasteiger partial charge < -0.3 is 10.1 Å². The number of nitrogens with one attached hydrogen (secondary N) is 1. The van der Waals surface area contributed by atoms with Crippen molar-refractivity contribution < 1.29 is 13.9 Å². The van der Waals surface area contributed by atoms with E-state index in [0.29, 0.717) is 5.56 Å². The van der Waals surface area contributed by atoms with Crippen molar-refractivity contribution in [2.75, 3.05) is 6.61 Å². The lowest BCUT2D eigenvalue weighted by molar-refractivity contribution is 0.122. The molecule has 1 saturated heterocycles. The molecule has 0 spiro atoms. The molecule has 15 heavy (non-hydrogen) atoms. The van der Waals surface area contributed by atoms with Crippen molar-refractivity contribution in [3.05, 3.63) is 35.9 Å². The fourth-order valence-corrected chi connectivity index (χ4v) is 1.64. The van der Waals surface area contributed by atoms with Crippen LogP contribution in [0.4, 0.5) is 9.18 Å². The number of carbonyl (C=O) groups is 1. The van der Waals surface area contributed by atoms with E-state index in [0.717, 1.165) is 0 Å². The Labute approximate surface area is 87.2 Å². The molecule has 2 atom stereocenters. The monoisotopic (exact) mass is 209 g/mol. The molecule has 1 amide bonds. The molecule has 1 aromatic rings. The van der Waals surface area contributed by atoms with Crippen LogP contribution in [0, 0.1) is 0 Å². The molecule has 1 aliphatic heterocycles. The molecule has 1 N–H and O–H groups in total. The van der Waals surface area contributed by atoms with E-state index in [-0.39, 0.29) is 6.61 Å². The third-order valence-corrected chi connectivity index (χ3v) is 2.67. The zero-order chi connectivity index (χ0) is 10.9. The number of alkyl halides is 1. The Kier molecular flexibility index (Phi) is 2.34. The van der Waals surface area contributed by atoms with Gasteiger partial charge in [0.05, 0.1) is 0 Å². The van der Waals surface area contributed by atoms with Crippen molar-refractivity contribution in [1.82, 2.24) is 5.32 Å². The summed E-state index contributed by atoms with van der Waals surface area (Å²) in [5, 5.41) is 2.46. The lowest BCUT2D eigenvalue weighted by Gasteiger charge is -2.25. The van der Waals surface area contributed by atoms with Crippen LogP contribution in [0.5, 0.6) is 0 Å². The standard InChI is InChI=1S/C11H12FNO2/c1-11(12,8-5-3-2-4-6-8)9-7-15-10(14)13-9/h2-6,9H,7H2,1H3,(H,13,14)/t9-,11-/m0/s1. The number of hydrogen-bond donors (Lipinski definition) is 1. The zero-order valence-corrected chi connectivity index (χ0v) is 8.37.